The summed E-state index contributed by atoms with van der Waals surface area (Å²) in [6.07, 6.45) is 5.98. The molecule has 10 nitrogen and oxygen atoms in total. The van der Waals surface area contributed by atoms with Gasteiger partial charge >= 0.3 is 0 Å². The number of carbonyl (C=O) groups is 1. The Morgan fingerprint density at radius 3 is 2.38 bits per heavy atom. The van der Waals surface area contributed by atoms with Crippen LogP contribution in [0.1, 0.15) is 42.5 Å². The van der Waals surface area contributed by atoms with Gasteiger partial charge in [-0.25, -0.2) is 4.39 Å². The monoisotopic (exact) mass is 651 g/mol. The zero-order valence-corrected chi connectivity index (χ0v) is 27.3. The predicted molar refractivity (Wildman–Crippen MR) is 189 cm³/mol. The number of nitrogens with zero attached hydrogens (tertiary/aromatic N) is 3. The molecule has 1 fully saturated rings. The molecule has 1 aliphatic rings. The lowest BCUT2D eigenvalue weighted by Gasteiger charge is -2.20. The van der Waals surface area contributed by atoms with Gasteiger partial charge in [0.15, 0.2) is 27.8 Å². The Morgan fingerprint density at radius 1 is 0.958 bits per heavy atom. The summed E-state index contributed by atoms with van der Waals surface area (Å²) >= 11 is 0. The van der Waals surface area contributed by atoms with E-state index in [0.29, 0.717) is 35.4 Å². The average molecular weight is 652 g/mol. The Balaban J connectivity index is 1.43. The molecular formula is C37H38FN5O5. The first kappa shape index (κ1) is 31.7. The van der Waals surface area contributed by atoms with Crippen LogP contribution in [-0.4, -0.2) is 73.5 Å². The van der Waals surface area contributed by atoms with E-state index in [9.17, 15) is 19.2 Å². The Bertz CT molecular complexity index is 2400. The summed E-state index contributed by atoms with van der Waals surface area (Å²) in [5.74, 6) is -1.27. The minimum Gasteiger partial charge on any atom is -0.451 e. The van der Waals surface area contributed by atoms with E-state index in [2.05, 4.69) is 27.5 Å². The molecule has 7 rings (SSSR count). The van der Waals surface area contributed by atoms with Crippen molar-refractivity contribution in [2.45, 2.75) is 38.1 Å². The maximum absolute atomic E-state index is 16.0. The van der Waals surface area contributed by atoms with Gasteiger partial charge in [-0.05, 0) is 84.5 Å². The van der Waals surface area contributed by atoms with Gasteiger partial charge in [-0.3, -0.25) is 19.2 Å². The van der Waals surface area contributed by atoms with Gasteiger partial charge in [0.05, 0.1) is 10.9 Å². The van der Waals surface area contributed by atoms with Gasteiger partial charge in [0.1, 0.15) is 16.8 Å². The molecule has 1 saturated heterocycles. The van der Waals surface area contributed by atoms with Crippen LogP contribution >= 0.6 is 0 Å². The topological polar surface area (TPSA) is 116 Å². The molecule has 4 aromatic carbocycles. The van der Waals surface area contributed by atoms with Crippen LogP contribution in [0.3, 0.4) is 0 Å². The second-order valence-corrected chi connectivity index (χ2v) is 13.1. The van der Waals surface area contributed by atoms with Crippen molar-refractivity contribution in [3.8, 4) is 0 Å². The van der Waals surface area contributed by atoms with E-state index in [4.69, 9.17) is 4.42 Å². The first-order chi connectivity index (χ1) is 23.1. The van der Waals surface area contributed by atoms with Crippen LogP contribution in [-0.2, 0) is 0 Å². The lowest BCUT2D eigenvalue weighted by Crippen LogP contribution is -2.30. The van der Waals surface area contributed by atoms with Gasteiger partial charge in [-0.15, -0.1) is 0 Å². The van der Waals surface area contributed by atoms with E-state index in [1.165, 1.54) is 12.3 Å². The summed E-state index contributed by atoms with van der Waals surface area (Å²) in [6.45, 7) is 2.72. The van der Waals surface area contributed by atoms with Crippen molar-refractivity contribution < 1.29 is 13.6 Å². The number of amides is 1. The van der Waals surface area contributed by atoms with E-state index in [-0.39, 0.29) is 54.9 Å². The number of nitrogens with one attached hydrogen (secondary N) is 2. The second kappa shape index (κ2) is 12.6. The minimum atomic E-state index is -0.691. The lowest BCUT2D eigenvalue weighted by atomic mass is 10.0. The van der Waals surface area contributed by atoms with E-state index in [1.807, 2.05) is 14.1 Å². The molecule has 1 atom stereocenters. The highest BCUT2D eigenvalue weighted by molar-refractivity contribution is 6.08. The molecule has 1 aliphatic heterocycles. The molecule has 248 valence electrons. The largest absolute Gasteiger partial charge is 0.451 e. The molecule has 0 radical (unpaired) electrons. The summed E-state index contributed by atoms with van der Waals surface area (Å²) in [4.78, 5) is 58.8. The Kier molecular flexibility index (Phi) is 8.34. The van der Waals surface area contributed by atoms with Gasteiger partial charge in [0.2, 0.25) is 5.43 Å². The van der Waals surface area contributed by atoms with E-state index >= 15 is 4.39 Å². The van der Waals surface area contributed by atoms with Gasteiger partial charge in [0, 0.05) is 46.9 Å². The van der Waals surface area contributed by atoms with Crippen molar-refractivity contribution in [1.82, 2.24) is 19.5 Å². The molecule has 2 aromatic heterocycles. The normalized spacial score (nSPS) is 15.6. The number of aromatic nitrogens is 1. The SMILES string of the molecule is CN(C)CCCCNC(=O)c1cn2c3cc4c(=O)c5ccccc5c(=O)c4cc3oc3c(NCCC4CCCN4C)c(F)cc(c1=O)c32. The van der Waals surface area contributed by atoms with Crippen molar-refractivity contribution in [2.75, 3.05) is 52.6 Å². The highest BCUT2D eigenvalue weighted by Crippen LogP contribution is 2.35. The van der Waals surface area contributed by atoms with Crippen molar-refractivity contribution in [2.24, 2.45) is 0 Å². The summed E-state index contributed by atoms with van der Waals surface area (Å²) in [5, 5.41) is 6.97. The predicted octanol–water partition coefficient (Wildman–Crippen LogP) is 4.77. The number of hydrogen-bond donors (Lipinski definition) is 2. The highest BCUT2D eigenvalue weighted by Gasteiger charge is 2.25. The zero-order chi connectivity index (χ0) is 33.7. The molecule has 2 N–H and O–H groups in total. The maximum Gasteiger partial charge on any atom is 0.256 e. The third kappa shape index (κ3) is 5.46. The molecule has 0 bridgehead atoms. The van der Waals surface area contributed by atoms with Crippen molar-refractivity contribution >= 4 is 60.7 Å². The third-order valence-electron chi connectivity index (χ3n) is 9.68. The van der Waals surface area contributed by atoms with Crippen LogP contribution in [0.5, 0.6) is 0 Å². The lowest BCUT2D eigenvalue weighted by molar-refractivity contribution is 0.0951. The Hall–Kier alpha value is -4.87. The molecule has 3 heterocycles. The van der Waals surface area contributed by atoms with E-state index in [0.717, 1.165) is 51.3 Å². The molecule has 0 saturated carbocycles. The number of pyridine rings is 1. The fourth-order valence-electron chi connectivity index (χ4n) is 7.09. The number of unbranched alkanes of at least 4 members (excludes halogenated alkanes) is 1. The van der Waals surface area contributed by atoms with Crippen LogP contribution in [0, 0.1) is 5.82 Å². The first-order valence-corrected chi connectivity index (χ1v) is 16.5. The molecule has 48 heavy (non-hydrogen) atoms. The Labute approximate surface area is 275 Å². The standard InChI is InChI=1S/C37H38FN5O5/c1-41(2)15-7-6-13-40-37(47)27-20-43-29-18-24-25(34(45)23-11-5-4-10-22(23)33(24)44)19-30(29)48-36-31(28(38)17-26(32(36)43)35(27)46)39-14-12-21-9-8-16-42(21)3/h4-5,10-11,17-21,39H,6-9,12-16H2,1-3H3,(H,40,47). The number of benzene rings is 4. The van der Waals surface area contributed by atoms with E-state index < -0.39 is 17.2 Å². The third-order valence-corrected chi connectivity index (χ3v) is 9.68. The molecular weight excluding hydrogens is 613 g/mol. The van der Waals surface area contributed by atoms with Crippen LogP contribution in [0.25, 0.3) is 49.1 Å². The van der Waals surface area contributed by atoms with Gasteiger partial charge in [-0.2, -0.15) is 0 Å². The Morgan fingerprint density at radius 2 is 1.69 bits per heavy atom. The number of anilines is 1. The quantitative estimate of drug-likeness (QED) is 0.124. The van der Waals surface area contributed by atoms with Crippen molar-refractivity contribution in [3.63, 3.8) is 0 Å². The van der Waals surface area contributed by atoms with Crippen LogP contribution < -0.4 is 26.9 Å². The number of likely N-dealkylation sites (tertiary alicyclic amines) is 1. The number of fused-ring (bicyclic) bond motifs is 4. The number of carbonyl (C=O) groups excluding carboxylic acids is 1. The summed E-state index contributed by atoms with van der Waals surface area (Å²) < 4.78 is 24.0. The number of halogens is 1. The molecule has 1 unspecified atom stereocenters. The number of hydrogen-bond acceptors (Lipinski definition) is 8. The molecule has 1 amide bonds. The fraction of sp³-hybridized carbons (Fsp3) is 0.351. The van der Waals surface area contributed by atoms with Crippen LogP contribution in [0.2, 0.25) is 0 Å². The summed E-state index contributed by atoms with van der Waals surface area (Å²) in [6, 6.07) is 11.2. The maximum atomic E-state index is 16.0. The summed E-state index contributed by atoms with van der Waals surface area (Å²) in [7, 11) is 6.03. The first-order valence-electron chi connectivity index (χ1n) is 16.5. The van der Waals surface area contributed by atoms with Gasteiger partial charge in [0.25, 0.3) is 5.91 Å². The average Bonchev–Trinajstić information content (AvgIpc) is 3.48. The summed E-state index contributed by atoms with van der Waals surface area (Å²) in [5.41, 5.74) is -0.435. The molecule has 0 spiro atoms. The van der Waals surface area contributed by atoms with Gasteiger partial charge in [-0.1, -0.05) is 24.3 Å². The molecule has 11 heteroatoms. The van der Waals surface area contributed by atoms with Crippen LogP contribution in [0.4, 0.5) is 10.1 Å². The fourth-order valence-corrected chi connectivity index (χ4v) is 7.09. The molecule has 6 aromatic rings. The second-order valence-electron chi connectivity index (χ2n) is 13.1. The molecule has 0 aliphatic carbocycles. The minimum absolute atomic E-state index is 0.0278. The number of rotatable bonds is 10. The van der Waals surface area contributed by atoms with Crippen LogP contribution in [0.15, 0.2) is 67.5 Å². The van der Waals surface area contributed by atoms with E-state index in [1.54, 1.807) is 34.7 Å². The highest BCUT2D eigenvalue weighted by atomic mass is 19.1. The van der Waals surface area contributed by atoms with Gasteiger partial charge < -0.3 is 29.3 Å². The van der Waals surface area contributed by atoms with Crippen molar-refractivity contribution in [1.29, 1.82) is 0 Å². The zero-order valence-electron chi connectivity index (χ0n) is 27.3. The smallest absolute Gasteiger partial charge is 0.256 e. The van der Waals surface area contributed by atoms with Crippen molar-refractivity contribution in [3.05, 3.63) is 90.7 Å².